The zero-order valence-corrected chi connectivity index (χ0v) is 16.5. The number of anilines is 1. The summed E-state index contributed by atoms with van der Waals surface area (Å²) in [6.07, 6.45) is 0. The fourth-order valence-corrected chi connectivity index (χ4v) is 5.08. The molecule has 7 nitrogen and oxygen atoms in total. The molecule has 0 unspecified atom stereocenters. The molecule has 0 N–H and O–H groups in total. The molecular formula is C19H21FN4O3S. The van der Waals surface area contributed by atoms with E-state index in [0.717, 1.165) is 5.69 Å². The molecule has 0 bridgehead atoms. The van der Waals surface area contributed by atoms with Gasteiger partial charge in [-0.1, -0.05) is 0 Å². The highest BCUT2D eigenvalue weighted by atomic mass is 32.2. The number of imidazole rings is 1. The Kier molecular flexibility index (Phi) is 4.51. The van der Waals surface area contributed by atoms with E-state index in [1.807, 2.05) is 4.90 Å². The van der Waals surface area contributed by atoms with Crippen molar-refractivity contribution in [1.82, 2.24) is 13.4 Å². The SMILES string of the molecule is Cn1c(=O)n(C)c2cc(S(=O)(=O)N3CCN(c4ccc(F)cc4)CC3)ccc21. The molecule has 0 saturated carbocycles. The molecule has 3 aromatic rings. The molecule has 0 aliphatic carbocycles. The molecule has 9 heteroatoms. The van der Waals surface area contributed by atoms with Crippen LogP contribution in [0.4, 0.5) is 10.1 Å². The third kappa shape index (κ3) is 3.00. The van der Waals surface area contributed by atoms with E-state index >= 15 is 0 Å². The maximum Gasteiger partial charge on any atom is 0.328 e. The van der Waals surface area contributed by atoms with E-state index in [2.05, 4.69) is 0 Å². The molecular weight excluding hydrogens is 383 g/mol. The van der Waals surface area contributed by atoms with E-state index in [1.165, 1.54) is 25.6 Å². The lowest BCUT2D eigenvalue weighted by Crippen LogP contribution is -2.48. The third-order valence-electron chi connectivity index (χ3n) is 5.31. The van der Waals surface area contributed by atoms with Crippen LogP contribution in [0.15, 0.2) is 52.2 Å². The Hall–Kier alpha value is -2.65. The predicted molar refractivity (Wildman–Crippen MR) is 106 cm³/mol. The van der Waals surface area contributed by atoms with Crippen molar-refractivity contribution in [1.29, 1.82) is 0 Å². The standard InChI is InChI=1S/C19H21FN4O3S/c1-21-17-8-7-16(13-18(17)22(2)19(21)25)28(26,27)24-11-9-23(10-12-24)15-5-3-14(20)4-6-15/h3-8,13H,9-12H2,1-2H3. The smallest absolute Gasteiger partial charge is 0.328 e. The Balaban J connectivity index is 1.58. The normalized spacial score (nSPS) is 16.0. The minimum absolute atomic E-state index is 0.177. The molecule has 28 heavy (non-hydrogen) atoms. The number of piperazine rings is 1. The average Bonchev–Trinajstić information content (AvgIpc) is 2.92. The number of aryl methyl sites for hydroxylation is 2. The maximum absolute atomic E-state index is 13.1. The number of halogens is 1. The number of rotatable bonds is 3. The van der Waals surface area contributed by atoms with Crippen LogP contribution in [-0.2, 0) is 24.1 Å². The fraction of sp³-hybridized carbons (Fsp3) is 0.316. The van der Waals surface area contributed by atoms with Crippen molar-refractivity contribution in [3.63, 3.8) is 0 Å². The second-order valence-corrected chi connectivity index (χ2v) is 8.86. The highest BCUT2D eigenvalue weighted by Gasteiger charge is 2.29. The number of aromatic nitrogens is 2. The van der Waals surface area contributed by atoms with Gasteiger partial charge in [-0.2, -0.15) is 4.31 Å². The molecule has 1 aliphatic heterocycles. The second-order valence-electron chi connectivity index (χ2n) is 6.92. The highest BCUT2D eigenvalue weighted by Crippen LogP contribution is 2.24. The van der Waals surface area contributed by atoms with Crippen LogP contribution in [0.2, 0.25) is 0 Å². The van der Waals surface area contributed by atoms with Gasteiger partial charge in [-0.3, -0.25) is 9.13 Å². The number of sulfonamides is 1. The number of hydrogen-bond donors (Lipinski definition) is 0. The summed E-state index contributed by atoms with van der Waals surface area (Å²) in [5.74, 6) is -0.296. The van der Waals surface area contributed by atoms with Crippen LogP contribution in [0, 0.1) is 5.82 Å². The number of hydrogen-bond acceptors (Lipinski definition) is 4. The highest BCUT2D eigenvalue weighted by molar-refractivity contribution is 7.89. The predicted octanol–water partition coefficient (Wildman–Crippen LogP) is 1.53. The lowest BCUT2D eigenvalue weighted by atomic mass is 10.2. The van der Waals surface area contributed by atoms with Crippen molar-refractivity contribution in [2.45, 2.75) is 4.90 Å². The molecule has 1 aromatic heterocycles. The first-order chi connectivity index (χ1) is 13.3. The Morgan fingerprint density at radius 2 is 1.46 bits per heavy atom. The summed E-state index contributed by atoms with van der Waals surface area (Å²) >= 11 is 0. The zero-order valence-electron chi connectivity index (χ0n) is 15.7. The van der Waals surface area contributed by atoms with Crippen LogP contribution in [0.3, 0.4) is 0 Å². The Bertz CT molecular complexity index is 1190. The number of fused-ring (bicyclic) bond motifs is 1. The minimum Gasteiger partial charge on any atom is -0.369 e. The third-order valence-corrected chi connectivity index (χ3v) is 7.21. The van der Waals surface area contributed by atoms with E-state index in [9.17, 15) is 17.6 Å². The number of benzene rings is 2. The number of nitrogens with zero attached hydrogens (tertiary/aromatic N) is 4. The van der Waals surface area contributed by atoms with Crippen LogP contribution >= 0.6 is 0 Å². The van der Waals surface area contributed by atoms with Gasteiger partial charge in [0.15, 0.2) is 0 Å². The Labute approximate surface area is 162 Å². The monoisotopic (exact) mass is 404 g/mol. The first-order valence-electron chi connectivity index (χ1n) is 8.95. The van der Waals surface area contributed by atoms with Gasteiger partial charge in [-0.15, -0.1) is 0 Å². The lowest BCUT2D eigenvalue weighted by Gasteiger charge is -2.35. The minimum atomic E-state index is -3.66. The van der Waals surface area contributed by atoms with E-state index in [-0.39, 0.29) is 16.4 Å². The van der Waals surface area contributed by atoms with E-state index < -0.39 is 10.0 Å². The average molecular weight is 404 g/mol. The summed E-state index contributed by atoms with van der Waals surface area (Å²) in [4.78, 5) is 14.3. The molecule has 2 heterocycles. The lowest BCUT2D eigenvalue weighted by molar-refractivity contribution is 0.385. The van der Waals surface area contributed by atoms with Gasteiger partial charge in [0.05, 0.1) is 15.9 Å². The Morgan fingerprint density at radius 3 is 2.11 bits per heavy atom. The van der Waals surface area contributed by atoms with Gasteiger partial charge in [0.25, 0.3) is 0 Å². The van der Waals surface area contributed by atoms with Crippen LogP contribution in [0.25, 0.3) is 11.0 Å². The van der Waals surface area contributed by atoms with Crippen LogP contribution < -0.4 is 10.6 Å². The zero-order chi connectivity index (χ0) is 20.1. The molecule has 1 fully saturated rings. The van der Waals surface area contributed by atoms with Gasteiger partial charge >= 0.3 is 5.69 Å². The van der Waals surface area contributed by atoms with Gasteiger partial charge in [0.1, 0.15) is 5.82 Å². The van der Waals surface area contributed by atoms with Gasteiger partial charge in [-0.05, 0) is 42.5 Å². The fourth-order valence-electron chi connectivity index (χ4n) is 3.63. The molecule has 4 rings (SSSR count). The van der Waals surface area contributed by atoms with Crippen LogP contribution in [-0.4, -0.2) is 48.0 Å². The molecule has 2 aromatic carbocycles. The van der Waals surface area contributed by atoms with Crippen LogP contribution in [0.5, 0.6) is 0 Å². The van der Waals surface area contributed by atoms with Gasteiger partial charge in [0, 0.05) is 46.0 Å². The summed E-state index contributed by atoms with van der Waals surface area (Å²) in [5, 5.41) is 0. The van der Waals surface area contributed by atoms with Gasteiger partial charge in [0.2, 0.25) is 10.0 Å². The molecule has 1 aliphatic rings. The summed E-state index contributed by atoms with van der Waals surface area (Å²) in [6.45, 7) is 1.73. The van der Waals surface area contributed by atoms with Crippen molar-refractivity contribution < 1.29 is 12.8 Å². The van der Waals surface area contributed by atoms with Gasteiger partial charge < -0.3 is 4.90 Å². The summed E-state index contributed by atoms with van der Waals surface area (Å²) < 4.78 is 43.7. The van der Waals surface area contributed by atoms with Crippen LogP contribution in [0.1, 0.15) is 0 Å². The molecule has 148 valence electrons. The largest absolute Gasteiger partial charge is 0.369 e. The van der Waals surface area contributed by atoms with Crippen molar-refractivity contribution >= 4 is 26.7 Å². The first kappa shape index (κ1) is 18.7. The van der Waals surface area contributed by atoms with Gasteiger partial charge in [-0.25, -0.2) is 17.6 Å². The van der Waals surface area contributed by atoms with Crippen molar-refractivity contribution in [2.75, 3.05) is 31.1 Å². The summed E-state index contributed by atoms with van der Waals surface area (Å²) in [6, 6.07) is 11.0. The van der Waals surface area contributed by atoms with Crippen molar-refractivity contribution in [3.8, 4) is 0 Å². The Morgan fingerprint density at radius 1 is 0.857 bits per heavy atom. The molecule has 0 atom stereocenters. The quantitative estimate of drug-likeness (QED) is 0.664. The molecule has 0 amide bonds. The molecule has 0 spiro atoms. The van der Waals surface area contributed by atoms with Crippen molar-refractivity contribution in [3.05, 3.63) is 58.8 Å². The van der Waals surface area contributed by atoms with E-state index in [1.54, 1.807) is 44.4 Å². The summed E-state index contributed by atoms with van der Waals surface area (Å²) in [5.41, 5.74) is 1.95. The maximum atomic E-state index is 13.1. The first-order valence-corrected chi connectivity index (χ1v) is 10.4. The van der Waals surface area contributed by atoms with E-state index in [0.29, 0.717) is 37.2 Å². The molecule has 1 saturated heterocycles. The second kappa shape index (κ2) is 6.75. The summed E-state index contributed by atoms with van der Waals surface area (Å²) in [7, 11) is -0.376. The van der Waals surface area contributed by atoms with E-state index in [4.69, 9.17) is 0 Å². The van der Waals surface area contributed by atoms with Crippen molar-refractivity contribution in [2.24, 2.45) is 14.1 Å². The molecule has 0 radical (unpaired) electrons. The topological polar surface area (TPSA) is 67.5 Å².